The van der Waals surface area contributed by atoms with Crippen LogP contribution >= 0.6 is 21.6 Å². The van der Waals surface area contributed by atoms with E-state index in [1.165, 1.54) is 0 Å². The molecule has 6 nitrogen and oxygen atoms in total. The molecule has 0 aliphatic heterocycles. The third-order valence-electron chi connectivity index (χ3n) is 7.00. The number of phenolic OH excluding ortho intramolecular Hbond substituents is 2. The molecule has 0 saturated carbocycles. The second kappa shape index (κ2) is 13.5. The van der Waals surface area contributed by atoms with E-state index in [4.69, 9.17) is 0 Å². The lowest BCUT2D eigenvalue weighted by atomic mass is 9.78. The van der Waals surface area contributed by atoms with Crippen LogP contribution in [0.25, 0.3) is 0 Å². The van der Waals surface area contributed by atoms with Crippen LogP contribution in [0.2, 0.25) is 0 Å². The molecule has 8 heteroatoms. The Hall–Kier alpha value is -2.32. The molecule has 2 rings (SSSR count). The minimum absolute atomic E-state index is 0.151. The molecule has 0 radical (unpaired) electrons. The van der Waals surface area contributed by atoms with Gasteiger partial charge in [-0.3, -0.25) is 9.59 Å². The molecule has 0 atom stereocenters. The van der Waals surface area contributed by atoms with Gasteiger partial charge in [0.05, 0.1) is 0 Å². The molecule has 2 amide bonds. The van der Waals surface area contributed by atoms with Gasteiger partial charge in [0.2, 0.25) is 0 Å². The first kappa shape index (κ1) is 35.9. The highest BCUT2D eigenvalue weighted by atomic mass is 33.1. The van der Waals surface area contributed by atoms with E-state index in [0.29, 0.717) is 24.2 Å². The monoisotopic (exact) mass is 616 g/mol. The van der Waals surface area contributed by atoms with Crippen molar-refractivity contribution in [3.63, 3.8) is 0 Å². The Morgan fingerprint density at radius 1 is 0.548 bits per heavy atom. The fraction of sp³-hybridized carbons (Fsp3) is 0.588. The van der Waals surface area contributed by atoms with E-state index in [1.54, 1.807) is 45.9 Å². The van der Waals surface area contributed by atoms with E-state index in [0.717, 1.165) is 33.8 Å². The lowest BCUT2D eigenvalue weighted by molar-refractivity contribution is 0.0947. The lowest BCUT2D eigenvalue weighted by Crippen LogP contribution is -2.28. The first-order valence-corrected chi connectivity index (χ1v) is 17.1. The molecular formula is C34H52N2O4S2. The van der Waals surface area contributed by atoms with Crippen LogP contribution in [0.3, 0.4) is 0 Å². The SMILES string of the molecule is CC(C)(C)c1cc(C(=O)NCCSSCCNC(=O)c2cc(C(C)(C)C)c(O)c(C(C)(C)C)c2)cc(C(C)(C)C)c1O. The minimum atomic E-state index is -0.297. The van der Waals surface area contributed by atoms with Gasteiger partial charge in [0, 0.05) is 58.0 Å². The fourth-order valence-corrected chi connectivity index (χ4v) is 6.37. The predicted molar refractivity (Wildman–Crippen MR) is 181 cm³/mol. The molecule has 2 aromatic rings. The van der Waals surface area contributed by atoms with Crippen LogP contribution in [0.15, 0.2) is 24.3 Å². The van der Waals surface area contributed by atoms with E-state index in [-0.39, 0.29) is 45.0 Å². The van der Waals surface area contributed by atoms with Crippen LogP contribution in [-0.2, 0) is 21.7 Å². The van der Waals surface area contributed by atoms with E-state index in [2.05, 4.69) is 10.6 Å². The highest BCUT2D eigenvalue weighted by Crippen LogP contribution is 2.41. The van der Waals surface area contributed by atoms with E-state index >= 15 is 0 Å². The van der Waals surface area contributed by atoms with Crippen molar-refractivity contribution >= 4 is 33.4 Å². The highest BCUT2D eigenvalue weighted by Gasteiger charge is 2.29. The molecular weight excluding hydrogens is 565 g/mol. The maximum absolute atomic E-state index is 13.0. The van der Waals surface area contributed by atoms with Gasteiger partial charge in [-0.25, -0.2) is 0 Å². The number of aromatic hydroxyl groups is 2. The van der Waals surface area contributed by atoms with Gasteiger partial charge in [-0.2, -0.15) is 0 Å². The van der Waals surface area contributed by atoms with Gasteiger partial charge in [0.25, 0.3) is 11.8 Å². The number of carbonyl (C=O) groups excluding carboxylic acids is 2. The van der Waals surface area contributed by atoms with Gasteiger partial charge in [-0.05, 0) is 45.9 Å². The molecule has 0 unspecified atom stereocenters. The molecule has 0 saturated heterocycles. The van der Waals surface area contributed by atoms with Crippen LogP contribution in [0.4, 0.5) is 0 Å². The van der Waals surface area contributed by atoms with Gasteiger partial charge in [-0.1, -0.05) is 105 Å². The van der Waals surface area contributed by atoms with Crippen LogP contribution in [-0.4, -0.2) is 46.6 Å². The summed E-state index contributed by atoms with van der Waals surface area (Å²) in [6, 6.07) is 7.20. The van der Waals surface area contributed by atoms with Crippen LogP contribution in [0, 0.1) is 0 Å². The zero-order valence-electron chi connectivity index (χ0n) is 27.7. The largest absolute Gasteiger partial charge is 0.507 e. The molecule has 0 bridgehead atoms. The summed E-state index contributed by atoms with van der Waals surface area (Å²) in [6.45, 7) is 25.4. The van der Waals surface area contributed by atoms with Crippen molar-refractivity contribution in [2.45, 2.75) is 105 Å². The molecule has 0 aliphatic rings. The van der Waals surface area contributed by atoms with E-state index in [1.807, 2.05) is 83.1 Å². The van der Waals surface area contributed by atoms with Crippen molar-refractivity contribution in [2.75, 3.05) is 24.6 Å². The topological polar surface area (TPSA) is 98.7 Å². The summed E-state index contributed by atoms with van der Waals surface area (Å²) in [6.07, 6.45) is 0. The average Bonchev–Trinajstić information content (AvgIpc) is 2.82. The van der Waals surface area contributed by atoms with Crippen molar-refractivity contribution in [2.24, 2.45) is 0 Å². The predicted octanol–water partition coefficient (Wildman–Crippen LogP) is 7.83. The third kappa shape index (κ3) is 9.60. The van der Waals surface area contributed by atoms with Gasteiger partial charge in [0.15, 0.2) is 0 Å². The molecule has 0 fully saturated rings. The van der Waals surface area contributed by atoms with Crippen molar-refractivity contribution in [1.29, 1.82) is 0 Å². The summed E-state index contributed by atoms with van der Waals surface area (Å²) in [7, 11) is 3.29. The number of rotatable bonds is 9. The maximum atomic E-state index is 13.0. The van der Waals surface area contributed by atoms with E-state index < -0.39 is 0 Å². The Balaban J connectivity index is 1.89. The Kier molecular flexibility index (Phi) is 11.6. The number of nitrogens with one attached hydrogen (secondary N) is 2. The number of amides is 2. The number of carbonyl (C=O) groups is 2. The summed E-state index contributed by atoms with van der Waals surface area (Å²) in [5.41, 5.74) is 2.99. The van der Waals surface area contributed by atoms with Crippen molar-refractivity contribution in [3.8, 4) is 11.5 Å². The van der Waals surface area contributed by atoms with Crippen LogP contribution < -0.4 is 10.6 Å². The normalized spacial score (nSPS) is 12.8. The lowest BCUT2D eigenvalue weighted by Gasteiger charge is -2.28. The molecule has 234 valence electrons. The van der Waals surface area contributed by atoms with Gasteiger partial charge in [0.1, 0.15) is 11.5 Å². The Labute approximate surface area is 261 Å². The highest BCUT2D eigenvalue weighted by molar-refractivity contribution is 8.76. The summed E-state index contributed by atoms with van der Waals surface area (Å²) in [4.78, 5) is 26.0. The van der Waals surface area contributed by atoms with Crippen molar-refractivity contribution in [3.05, 3.63) is 57.6 Å². The number of phenols is 2. The summed E-state index contributed by atoms with van der Waals surface area (Å²) in [5, 5.41) is 27.8. The molecule has 0 aliphatic carbocycles. The molecule has 0 heterocycles. The number of hydrogen-bond acceptors (Lipinski definition) is 6. The van der Waals surface area contributed by atoms with E-state index in [9.17, 15) is 19.8 Å². The summed E-state index contributed by atoms with van der Waals surface area (Å²) in [5.74, 6) is 1.68. The van der Waals surface area contributed by atoms with Crippen molar-refractivity contribution in [1.82, 2.24) is 10.6 Å². The average molecular weight is 617 g/mol. The first-order valence-electron chi connectivity index (χ1n) is 14.6. The van der Waals surface area contributed by atoms with Gasteiger partial charge in [-0.15, -0.1) is 0 Å². The summed E-state index contributed by atoms with van der Waals surface area (Å²) >= 11 is 0. The fourth-order valence-electron chi connectivity index (χ4n) is 4.55. The standard InChI is InChI=1S/C34H52N2O4S2/c1-31(2,3)23-17-21(18-24(27(23)37)32(4,5)6)29(39)35-13-15-41-42-16-14-36-30(40)22-19-25(33(7,8)9)28(38)26(20-22)34(10,11)12/h17-20,37-38H,13-16H2,1-12H3,(H,35,39)(H,36,40). The third-order valence-corrected chi connectivity index (χ3v) is 9.41. The smallest absolute Gasteiger partial charge is 0.251 e. The number of benzene rings is 2. The quantitative estimate of drug-likeness (QED) is 0.169. The van der Waals surface area contributed by atoms with Gasteiger partial charge >= 0.3 is 0 Å². The van der Waals surface area contributed by atoms with Crippen LogP contribution in [0.1, 0.15) is 126 Å². The second-order valence-corrected chi connectivity index (χ2v) is 17.7. The molecule has 0 spiro atoms. The molecule has 0 aromatic heterocycles. The zero-order chi connectivity index (χ0) is 32.3. The Morgan fingerprint density at radius 2 is 0.786 bits per heavy atom. The van der Waals surface area contributed by atoms with Gasteiger partial charge < -0.3 is 20.8 Å². The first-order chi connectivity index (χ1) is 19.0. The number of hydrogen-bond donors (Lipinski definition) is 4. The maximum Gasteiger partial charge on any atom is 0.251 e. The van der Waals surface area contributed by atoms with Crippen LogP contribution in [0.5, 0.6) is 11.5 Å². The summed E-state index contributed by atoms with van der Waals surface area (Å²) < 4.78 is 0. The zero-order valence-corrected chi connectivity index (χ0v) is 29.3. The molecule has 42 heavy (non-hydrogen) atoms. The molecule has 2 aromatic carbocycles. The van der Waals surface area contributed by atoms with Crippen molar-refractivity contribution < 1.29 is 19.8 Å². The second-order valence-electron chi connectivity index (χ2n) is 15.0. The Bertz CT molecular complexity index is 1110. The molecule has 4 N–H and O–H groups in total. The Morgan fingerprint density at radius 3 is 1.00 bits per heavy atom. The minimum Gasteiger partial charge on any atom is -0.507 e.